The maximum Gasteiger partial charge on any atom is 0.248 e. The summed E-state index contributed by atoms with van der Waals surface area (Å²) < 4.78 is 0. The third kappa shape index (κ3) is 4.36. The molecule has 0 aliphatic carbocycles. The predicted molar refractivity (Wildman–Crippen MR) is 94.7 cm³/mol. The zero-order chi connectivity index (χ0) is 16.1. The van der Waals surface area contributed by atoms with Crippen LogP contribution in [0.25, 0.3) is 6.08 Å². The van der Waals surface area contributed by atoms with E-state index in [4.69, 9.17) is 23.2 Å². The number of nitrogens with one attached hydrogen (secondary N) is 1. The Morgan fingerprint density at radius 1 is 1.05 bits per heavy atom. The first-order valence-corrected chi connectivity index (χ1v) is 7.76. The molecule has 1 amide bonds. The van der Waals surface area contributed by atoms with Gasteiger partial charge in [-0.2, -0.15) is 0 Å². The maximum absolute atomic E-state index is 11.9. The lowest BCUT2D eigenvalue weighted by Gasteiger charge is -2.07. The highest BCUT2D eigenvalue weighted by Crippen LogP contribution is 2.25. The molecule has 4 heteroatoms. The molecule has 0 saturated heterocycles. The summed E-state index contributed by atoms with van der Waals surface area (Å²) in [6.07, 6.45) is 3.03. The molecule has 22 heavy (non-hydrogen) atoms. The molecule has 0 heterocycles. The zero-order valence-electron chi connectivity index (χ0n) is 12.4. The normalized spacial score (nSPS) is 11.1. The first-order chi connectivity index (χ1) is 10.5. The molecule has 114 valence electrons. The predicted octanol–water partition coefficient (Wildman–Crippen LogP) is 5.77. The highest BCUT2D eigenvalue weighted by atomic mass is 35.5. The standard InChI is InChI=1S/C18H17Cl2NO/c1-12(2)13-6-8-14(9-7-13)21-18(22)11-10-15-16(19)4-3-5-17(15)20/h3-12H,1-2H3,(H,21,22)/b11-10+. The van der Waals surface area contributed by atoms with Crippen LogP contribution < -0.4 is 5.32 Å². The molecule has 0 aromatic heterocycles. The number of rotatable bonds is 4. The summed E-state index contributed by atoms with van der Waals surface area (Å²) in [5.74, 6) is 0.236. The van der Waals surface area contributed by atoms with Gasteiger partial charge in [-0.3, -0.25) is 4.79 Å². The first-order valence-electron chi connectivity index (χ1n) is 7.00. The molecule has 0 aliphatic rings. The van der Waals surface area contributed by atoms with Gasteiger partial charge in [0.05, 0.1) is 0 Å². The van der Waals surface area contributed by atoms with E-state index in [2.05, 4.69) is 19.2 Å². The Bertz CT molecular complexity index is 670. The van der Waals surface area contributed by atoms with Crippen LogP contribution in [0.3, 0.4) is 0 Å². The monoisotopic (exact) mass is 333 g/mol. The van der Waals surface area contributed by atoms with Crippen LogP contribution >= 0.6 is 23.2 Å². The van der Waals surface area contributed by atoms with Crippen molar-refractivity contribution in [3.8, 4) is 0 Å². The van der Waals surface area contributed by atoms with Gasteiger partial charge in [0.15, 0.2) is 0 Å². The van der Waals surface area contributed by atoms with E-state index in [1.165, 1.54) is 11.6 Å². The second-order valence-electron chi connectivity index (χ2n) is 5.23. The number of benzene rings is 2. The number of halogens is 2. The van der Waals surface area contributed by atoms with Crippen molar-refractivity contribution in [1.29, 1.82) is 0 Å². The second-order valence-corrected chi connectivity index (χ2v) is 6.05. The molecule has 0 unspecified atom stereocenters. The Hall–Kier alpha value is -1.77. The fraction of sp³-hybridized carbons (Fsp3) is 0.167. The molecule has 2 nitrogen and oxygen atoms in total. The number of anilines is 1. The average Bonchev–Trinajstić information content (AvgIpc) is 2.47. The van der Waals surface area contributed by atoms with Gasteiger partial charge < -0.3 is 5.32 Å². The van der Waals surface area contributed by atoms with Crippen LogP contribution in [-0.2, 0) is 4.79 Å². The molecule has 0 saturated carbocycles. The number of hydrogen-bond acceptors (Lipinski definition) is 1. The van der Waals surface area contributed by atoms with Gasteiger partial charge in [-0.1, -0.05) is 55.2 Å². The van der Waals surface area contributed by atoms with Gasteiger partial charge in [-0.25, -0.2) is 0 Å². The van der Waals surface area contributed by atoms with Crippen molar-refractivity contribution < 1.29 is 4.79 Å². The summed E-state index contributed by atoms with van der Waals surface area (Å²) in [5, 5.41) is 3.83. The van der Waals surface area contributed by atoms with Crippen LogP contribution in [0, 0.1) is 0 Å². The molecule has 0 spiro atoms. The molecular weight excluding hydrogens is 317 g/mol. The van der Waals surface area contributed by atoms with Gasteiger partial charge in [-0.15, -0.1) is 0 Å². The minimum Gasteiger partial charge on any atom is -0.323 e. The Morgan fingerprint density at radius 2 is 1.64 bits per heavy atom. The third-order valence-electron chi connectivity index (χ3n) is 3.25. The minimum atomic E-state index is -0.228. The van der Waals surface area contributed by atoms with Crippen molar-refractivity contribution in [2.45, 2.75) is 19.8 Å². The molecule has 0 aliphatic heterocycles. The lowest BCUT2D eigenvalue weighted by Crippen LogP contribution is -2.07. The Balaban J connectivity index is 2.05. The Kier molecular flexibility index (Phi) is 5.64. The van der Waals surface area contributed by atoms with Crippen LogP contribution in [0.15, 0.2) is 48.5 Å². The number of amides is 1. The van der Waals surface area contributed by atoms with Crippen molar-refractivity contribution in [3.05, 3.63) is 69.7 Å². The van der Waals surface area contributed by atoms with Gasteiger partial charge in [0.2, 0.25) is 5.91 Å². The van der Waals surface area contributed by atoms with E-state index in [0.717, 1.165) is 5.69 Å². The number of carbonyl (C=O) groups excluding carboxylic acids is 1. The molecule has 0 atom stereocenters. The maximum atomic E-state index is 11.9. The van der Waals surface area contributed by atoms with Gasteiger partial charge in [-0.05, 0) is 41.8 Å². The molecule has 0 bridgehead atoms. The van der Waals surface area contributed by atoms with Crippen molar-refractivity contribution in [2.24, 2.45) is 0 Å². The van der Waals surface area contributed by atoms with Crippen LogP contribution in [0.4, 0.5) is 5.69 Å². The van der Waals surface area contributed by atoms with Gasteiger partial charge >= 0.3 is 0 Å². The SMILES string of the molecule is CC(C)c1ccc(NC(=O)/C=C/c2c(Cl)cccc2Cl)cc1. The fourth-order valence-electron chi connectivity index (χ4n) is 1.96. The summed E-state index contributed by atoms with van der Waals surface area (Å²) in [7, 11) is 0. The lowest BCUT2D eigenvalue weighted by atomic mass is 10.0. The van der Waals surface area contributed by atoms with Crippen molar-refractivity contribution in [3.63, 3.8) is 0 Å². The van der Waals surface area contributed by atoms with Gasteiger partial charge in [0, 0.05) is 27.4 Å². The Morgan fingerprint density at radius 3 is 2.18 bits per heavy atom. The van der Waals surface area contributed by atoms with E-state index in [1.807, 2.05) is 24.3 Å². The van der Waals surface area contributed by atoms with Gasteiger partial charge in [0.1, 0.15) is 0 Å². The summed E-state index contributed by atoms with van der Waals surface area (Å²) in [5.41, 5.74) is 2.62. The average molecular weight is 334 g/mol. The molecule has 0 radical (unpaired) electrons. The van der Waals surface area contributed by atoms with Crippen LogP contribution in [0.2, 0.25) is 10.0 Å². The molecule has 0 fully saturated rings. The topological polar surface area (TPSA) is 29.1 Å². The van der Waals surface area contributed by atoms with E-state index in [-0.39, 0.29) is 5.91 Å². The van der Waals surface area contributed by atoms with Crippen molar-refractivity contribution in [2.75, 3.05) is 5.32 Å². The highest BCUT2D eigenvalue weighted by molar-refractivity contribution is 6.37. The van der Waals surface area contributed by atoms with E-state index >= 15 is 0 Å². The molecule has 2 rings (SSSR count). The molecule has 2 aromatic carbocycles. The quantitative estimate of drug-likeness (QED) is 0.707. The van der Waals surface area contributed by atoms with Crippen molar-refractivity contribution in [1.82, 2.24) is 0 Å². The van der Waals surface area contributed by atoms with E-state index in [1.54, 1.807) is 24.3 Å². The van der Waals surface area contributed by atoms with Crippen molar-refractivity contribution >= 4 is 40.9 Å². The van der Waals surface area contributed by atoms with Gasteiger partial charge in [0.25, 0.3) is 0 Å². The number of hydrogen-bond donors (Lipinski definition) is 1. The van der Waals surface area contributed by atoms with Crippen LogP contribution in [0.5, 0.6) is 0 Å². The largest absolute Gasteiger partial charge is 0.323 e. The molecular formula is C18H17Cl2NO. The van der Waals surface area contributed by atoms with Crippen LogP contribution in [0.1, 0.15) is 30.9 Å². The summed E-state index contributed by atoms with van der Waals surface area (Å²) in [6, 6.07) is 13.0. The summed E-state index contributed by atoms with van der Waals surface area (Å²) in [4.78, 5) is 11.9. The summed E-state index contributed by atoms with van der Waals surface area (Å²) in [6.45, 7) is 4.26. The lowest BCUT2D eigenvalue weighted by molar-refractivity contribution is -0.111. The minimum absolute atomic E-state index is 0.228. The number of carbonyl (C=O) groups is 1. The summed E-state index contributed by atoms with van der Waals surface area (Å²) >= 11 is 12.1. The molecule has 1 N–H and O–H groups in total. The fourth-order valence-corrected chi connectivity index (χ4v) is 2.49. The Labute approximate surface area is 140 Å². The van der Waals surface area contributed by atoms with E-state index < -0.39 is 0 Å². The smallest absolute Gasteiger partial charge is 0.248 e. The third-order valence-corrected chi connectivity index (χ3v) is 3.91. The first kappa shape index (κ1) is 16.6. The second kappa shape index (κ2) is 7.48. The van der Waals surface area contributed by atoms with Crippen LogP contribution in [-0.4, -0.2) is 5.91 Å². The van der Waals surface area contributed by atoms with E-state index in [9.17, 15) is 4.79 Å². The zero-order valence-corrected chi connectivity index (χ0v) is 13.9. The molecule has 2 aromatic rings. The highest BCUT2D eigenvalue weighted by Gasteiger charge is 2.04. The van der Waals surface area contributed by atoms with E-state index in [0.29, 0.717) is 21.5 Å².